The van der Waals surface area contributed by atoms with Crippen LogP contribution in [0.4, 0.5) is 5.95 Å². The van der Waals surface area contributed by atoms with Crippen LogP contribution in [0.15, 0.2) is 49.3 Å². The lowest BCUT2D eigenvalue weighted by atomic mass is 10.0. The van der Waals surface area contributed by atoms with Gasteiger partial charge in [0.1, 0.15) is 5.69 Å². The van der Waals surface area contributed by atoms with Crippen LogP contribution in [-0.4, -0.2) is 54.4 Å². The second kappa shape index (κ2) is 6.39. The zero-order valence-electron chi connectivity index (χ0n) is 13.8. The number of hydrogen-bond acceptors (Lipinski definition) is 5. The van der Waals surface area contributed by atoms with Crippen LogP contribution in [0, 0.1) is 0 Å². The Morgan fingerprint density at radius 3 is 2.76 bits per heavy atom. The van der Waals surface area contributed by atoms with E-state index in [0.717, 1.165) is 5.69 Å². The van der Waals surface area contributed by atoms with Crippen molar-refractivity contribution in [3.8, 4) is 0 Å². The number of nitrogens with one attached hydrogen (secondary N) is 2. The van der Waals surface area contributed by atoms with Crippen LogP contribution < -0.4 is 5.32 Å². The molecule has 0 unspecified atom stereocenters. The molecule has 0 bridgehead atoms. The standard InChI is InChI=1S/C17H19N7O/c1-23-9-14(21-11-23)12-8-24(16(25)13-4-2-5-18-13)10-15(12)22-17-19-6-3-7-20-17/h2-7,9,11-12,15,18H,8,10H2,1H3,(H,19,20,22)/t12-,15+/m0/s1. The third kappa shape index (κ3) is 3.10. The number of aryl methyl sites for hydroxylation is 1. The maximum absolute atomic E-state index is 12.7. The molecule has 3 aromatic heterocycles. The fraction of sp³-hybridized carbons (Fsp3) is 0.294. The first-order valence-corrected chi connectivity index (χ1v) is 8.15. The van der Waals surface area contributed by atoms with E-state index in [1.54, 1.807) is 37.1 Å². The smallest absolute Gasteiger partial charge is 0.270 e. The lowest BCUT2D eigenvalue weighted by molar-refractivity contribution is 0.0784. The Labute approximate surface area is 144 Å². The van der Waals surface area contributed by atoms with Crippen LogP contribution in [-0.2, 0) is 7.05 Å². The summed E-state index contributed by atoms with van der Waals surface area (Å²) in [6.07, 6.45) is 8.92. The molecule has 1 saturated heterocycles. The maximum Gasteiger partial charge on any atom is 0.270 e. The lowest BCUT2D eigenvalue weighted by Gasteiger charge is -2.17. The molecule has 0 aromatic carbocycles. The zero-order valence-corrected chi connectivity index (χ0v) is 13.8. The molecule has 3 aromatic rings. The second-order valence-corrected chi connectivity index (χ2v) is 6.19. The van der Waals surface area contributed by atoms with Gasteiger partial charge >= 0.3 is 0 Å². The van der Waals surface area contributed by atoms with E-state index >= 15 is 0 Å². The van der Waals surface area contributed by atoms with E-state index in [0.29, 0.717) is 24.7 Å². The number of rotatable bonds is 4. The van der Waals surface area contributed by atoms with Crippen molar-refractivity contribution in [1.29, 1.82) is 0 Å². The summed E-state index contributed by atoms with van der Waals surface area (Å²) in [5.74, 6) is 0.621. The molecule has 1 aliphatic heterocycles. The average molecular weight is 337 g/mol. The summed E-state index contributed by atoms with van der Waals surface area (Å²) >= 11 is 0. The third-order valence-corrected chi connectivity index (χ3v) is 4.42. The molecular formula is C17H19N7O. The van der Waals surface area contributed by atoms with Crippen molar-refractivity contribution in [2.75, 3.05) is 18.4 Å². The van der Waals surface area contributed by atoms with Crippen LogP contribution in [0.2, 0.25) is 0 Å². The van der Waals surface area contributed by atoms with Crippen molar-refractivity contribution in [3.05, 3.63) is 60.7 Å². The number of nitrogens with zero attached hydrogens (tertiary/aromatic N) is 5. The normalized spacial score (nSPS) is 20.0. The summed E-state index contributed by atoms with van der Waals surface area (Å²) in [6.45, 7) is 1.16. The largest absolute Gasteiger partial charge is 0.357 e. The molecule has 0 radical (unpaired) electrons. The Morgan fingerprint density at radius 1 is 1.24 bits per heavy atom. The predicted molar refractivity (Wildman–Crippen MR) is 92.1 cm³/mol. The summed E-state index contributed by atoms with van der Waals surface area (Å²) in [5.41, 5.74) is 1.55. The maximum atomic E-state index is 12.7. The van der Waals surface area contributed by atoms with Gasteiger partial charge in [-0.15, -0.1) is 0 Å². The molecule has 1 amide bonds. The number of amides is 1. The highest BCUT2D eigenvalue weighted by Crippen LogP contribution is 2.29. The molecule has 1 fully saturated rings. The Kier molecular flexibility index (Phi) is 3.93. The minimum absolute atomic E-state index is 0.00351. The number of carbonyl (C=O) groups is 1. The van der Waals surface area contributed by atoms with Gasteiger partial charge in [0.05, 0.1) is 18.1 Å². The van der Waals surface area contributed by atoms with Gasteiger partial charge < -0.3 is 19.8 Å². The molecule has 8 nitrogen and oxygen atoms in total. The zero-order chi connectivity index (χ0) is 17.2. The summed E-state index contributed by atoms with van der Waals surface area (Å²) in [4.78, 5) is 30.5. The van der Waals surface area contributed by atoms with Crippen LogP contribution >= 0.6 is 0 Å². The van der Waals surface area contributed by atoms with E-state index in [9.17, 15) is 4.79 Å². The van der Waals surface area contributed by atoms with Crippen LogP contribution in [0.5, 0.6) is 0 Å². The first-order valence-electron chi connectivity index (χ1n) is 8.15. The molecule has 8 heteroatoms. The van der Waals surface area contributed by atoms with Crippen molar-refractivity contribution < 1.29 is 4.79 Å². The average Bonchev–Trinajstić information content (AvgIpc) is 3.35. The van der Waals surface area contributed by atoms with Gasteiger partial charge in [0.25, 0.3) is 5.91 Å². The van der Waals surface area contributed by atoms with Crippen LogP contribution in [0.25, 0.3) is 0 Å². The van der Waals surface area contributed by atoms with Gasteiger partial charge in [-0.1, -0.05) is 0 Å². The van der Waals surface area contributed by atoms with Gasteiger partial charge in [-0.3, -0.25) is 4.79 Å². The number of anilines is 1. The topological polar surface area (TPSA) is 91.7 Å². The number of imidazole rings is 1. The lowest BCUT2D eigenvalue weighted by Crippen LogP contribution is -2.32. The highest BCUT2D eigenvalue weighted by atomic mass is 16.2. The van der Waals surface area contributed by atoms with Crippen molar-refractivity contribution in [2.24, 2.45) is 7.05 Å². The van der Waals surface area contributed by atoms with Gasteiger partial charge in [-0.05, 0) is 18.2 Å². The quantitative estimate of drug-likeness (QED) is 0.748. The van der Waals surface area contributed by atoms with Gasteiger partial charge in [0.2, 0.25) is 5.95 Å². The first-order chi connectivity index (χ1) is 12.2. The number of carbonyl (C=O) groups excluding carboxylic acids is 1. The van der Waals surface area contributed by atoms with Gasteiger partial charge in [-0.2, -0.15) is 0 Å². The molecule has 2 N–H and O–H groups in total. The van der Waals surface area contributed by atoms with E-state index < -0.39 is 0 Å². The summed E-state index contributed by atoms with van der Waals surface area (Å²) < 4.78 is 1.92. The minimum Gasteiger partial charge on any atom is -0.357 e. The third-order valence-electron chi connectivity index (χ3n) is 4.42. The second-order valence-electron chi connectivity index (χ2n) is 6.19. The van der Waals surface area contributed by atoms with E-state index in [-0.39, 0.29) is 17.9 Å². The molecule has 0 spiro atoms. The van der Waals surface area contributed by atoms with E-state index in [4.69, 9.17) is 0 Å². The Morgan fingerprint density at radius 2 is 2.08 bits per heavy atom. The molecular weight excluding hydrogens is 318 g/mol. The number of hydrogen-bond donors (Lipinski definition) is 2. The molecule has 1 aliphatic rings. The summed E-state index contributed by atoms with van der Waals surface area (Å²) in [5, 5.41) is 3.35. The number of likely N-dealkylation sites (tertiary alicyclic amines) is 1. The number of H-pyrrole nitrogens is 1. The number of aromatic nitrogens is 5. The highest BCUT2D eigenvalue weighted by molar-refractivity contribution is 5.92. The Bertz CT molecular complexity index is 843. The Balaban J connectivity index is 1.58. The monoisotopic (exact) mass is 337 g/mol. The fourth-order valence-corrected chi connectivity index (χ4v) is 3.21. The van der Waals surface area contributed by atoms with E-state index in [1.165, 1.54) is 0 Å². The molecule has 2 atom stereocenters. The van der Waals surface area contributed by atoms with Crippen LogP contribution in [0.3, 0.4) is 0 Å². The summed E-state index contributed by atoms with van der Waals surface area (Å²) in [6, 6.07) is 5.39. The van der Waals surface area contributed by atoms with Crippen molar-refractivity contribution in [1.82, 2.24) is 29.4 Å². The Hall–Kier alpha value is -3.16. The minimum atomic E-state index is -0.00999. The van der Waals surface area contributed by atoms with Crippen molar-refractivity contribution in [2.45, 2.75) is 12.0 Å². The van der Waals surface area contributed by atoms with Gasteiger partial charge in [0, 0.05) is 50.8 Å². The molecule has 4 rings (SSSR count). The van der Waals surface area contributed by atoms with E-state index in [2.05, 4.69) is 25.3 Å². The van der Waals surface area contributed by atoms with Crippen molar-refractivity contribution in [3.63, 3.8) is 0 Å². The van der Waals surface area contributed by atoms with E-state index in [1.807, 2.05) is 28.8 Å². The molecule has 128 valence electrons. The predicted octanol–water partition coefficient (Wildman–Crippen LogP) is 1.26. The van der Waals surface area contributed by atoms with Gasteiger partial charge in [0.15, 0.2) is 0 Å². The van der Waals surface area contributed by atoms with Crippen molar-refractivity contribution >= 4 is 11.9 Å². The SMILES string of the molecule is Cn1cnc([C@@H]2CN(C(=O)c3ccc[nH]3)C[C@H]2Nc2ncccn2)c1. The van der Waals surface area contributed by atoms with Gasteiger partial charge in [-0.25, -0.2) is 15.0 Å². The molecule has 25 heavy (non-hydrogen) atoms. The first kappa shape index (κ1) is 15.4. The van der Waals surface area contributed by atoms with Crippen LogP contribution in [0.1, 0.15) is 22.1 Å². The molecule has 0 aliphatic carbocycles. The number of aromatic amines is 1. The highest BCUT2D eigenvalue weighted by Gasteiger charge is 2.38. The fourth-order valence-electron chi connectivity index (χ4n) is 3.21. The molecule has 0 saturated carbocycles. The summed E-state index contributed by atoms with van der Waals surface area (Å²) in [7, 11) is 1.94. The molecule has 4 heterocycles.